The zero-order valence-electron chi connectivity index (χ0n) is 7.88. The van der Waals surface area contributed by atoms with E-state index in [0.717, 1.165) is 17.0 Å². The Bertz CT molecular complexity index is 378. The third-order valence-corrected chi connectivity index (χ3v) is 2.97. The quantitative estimate of drug-likeness (QED) is 0.756. The van der Waals surface area contributed by atoms with E-state index in [1.165, 1.54) is 4.57 Å². The molecule has 72 valence electrons. The number of thiazole rings is 1. The molecule has 0 spiro atoms. The molecule has 0 saturated carbocycles. The molecule has 0 saturated heterocycles. The summed E-state index contributed by atoms with van der Waals surface area (Å²) in [6.45, 7) is 4.19. The van der Waals surface area contributed by atoms with Gasteiger partial charge in [-0.3, -0.25) is 9.59 Å². The van der Waals surface area contributed by atoms with Gasteiger partial charge in [0, 0.05) is 19.3 Å². The lowest BCUT2D eigenvalue weighted by Crippen LogP contribution is -2.22. The van der Waals surface area contributed by atoms with Crippen LogP contribution >= 0.6 is 11.3 Å². The Balaban J connectivity index is 3.09. The Morgan fingerprint density at radius 3 is 2.62 bits per heavy atom. The molecule has 0 atom stereocenters. The number of carbonyl (C=O) groups is 1. The average molecular weight is 200 g/mol. The van der Waals surface area contributed by atoms with Crippen LogP contribution in [0.4, 0.5) is 0 Å². The van der Waals surface area contributed by atoms with E-state index >= 15 is 0 Å². The number of amides is 1. The van der Waals surface area contributed by atoms with E-state index in [0.29, 0.717) is 11.4 Å². The molecule has 1 amide bonds. The van der Waals surface area contributed by atoms with Gasteiger partial charge >= 0.3 is 4.87 Å². The Hall–Kier alpha value is -1.10. The van der Waals surface area contributed by atoms with E-state index in [2.05, 4.69) is 5.32 Å². The Morgan fingerprint density at radius 2 is 2.23 bits per heavy atom. The van der Waals surface area contributed by atoms with Gasteiger partial charge in [-0.05, 0) is 13.8 Å². The first-order chi connectivity index (χ1) is 6.07. The largest absolute Gasteiger partial charge is 0.352 e. The molecule has 0 aliphatic heterocycles. The van der Waals surface area contributed by atoms with Crippen LogP contribution < -0.4 is 10.2 Å². The van der Waals surface area contributed by atoms with Crippen molar-refractivity contribution in [2.45, 2.75) is 13.8 Å². The van der Waals surface area contributed by atoms with Crippen LogP contribution in [0.15, 0.2) is 4.79 Å². The second-order valence-corrected chi connectivity index (χ2v) is 3.66. The van der Waals surface area contributed by atoms with Crippen molar-refractivity contribution >= 4 is 17.2 Å². The first-order valence-corrected chi connectivity index (χ1v) is 4.84. The summed E-state index contributed by atoms with van der Waals surface area (Å²) in [5.41, 5.74) is 0.723. The van der Waals surface area contributed by atoms with Crippen molar-refractivity contribution in [3.8, 4) is 0 Å². The molecule has 1 aromatic heterocycles. The van der Waals surface area contributed by atoms with Gasteiger partial charge in [-0.2, -0.15) is 0 Å². The molecule has 0 radical (unpaired) electrons. The van der Waals surface area contributed by atoms with E-state index in [-0.39, 0.29) is 10.8 Å². The number of hydrogen-bond donors (Lipinski definition) is 1. The molecule has 5 heteroatoms. The summed E-state index contributed by atoms with van der Waals surface area (Å²) < 4.78 is 1.48. The van der Waals surface area contributed by atoms with Crippen molar-refractivity contribution in [3.05, 3.63) is 20.2 Å². The lowest BCUT2D eigenvalue weighted by atomic mass is 10.3. The summed E-state index contributed by atoms with van der Waals surface area (Å²) in [5.74, 6) is -0.164. The number of carbonyl (C=O) groups excluding carboxylic acids is 1. The van der Waals surface area contributed by atoms with Crippen LogP contribution in [-0.4, -0.2) is 17.0 Å². The molecule has 1 rings (SSSR count). The van der Waals surface area contributed by atoms with Gasteiger partial charge in [0.15, 0.2) is 0 Å². The van der Waals surface area contributed by atoms with Gasteiger partial charge in [-0.1, -0.05) is 11.3 Å². The fraction of sp³-hybridized carbons (Fsp3) is 0.500. The van der Waals surface area contributed by atoms with Crippen molar-refractivity contribution in [1.82, 2.24) is 9.88 Å². The summed E-state index contributed by atoms with van der Waals surface area (Å²) in [7, 11) is 1.66. The van der Waals surface area contributed by atoms with Gasteiger partial charge in [0.05, 0.1) is 0 Å². The summed E-state index contributed by atoms with van der Waals surface area (Å²) in [5, 5.41) is 2.66. The Kier molecular flexibility index (Phi) is 2.87. The molecule has 0 bridgehead atoms. The van der Waals surface area contributed by atoms with Gasteiger partial charge in [0.1, 0.15) is 4.88 Å². The molecule has 0 fully saturated rings. The van der Waals surface area contributed by atoms with Crippen LogP contribution in [0.1, 0.15) is 22.3 Å². The Labute approximate surface area is 80.2 Å². The highest BCUT2D eigenvalue weighted by atomic mass is 32.1. The standard InChI is InChI=1S/C8H12N2O2S/c1-4-9-7(11)6-5(2)10(3)8(12)13-6/h4H2,1-3H3,(H,9,11). The third-order valence-electron chi connectivity index (χ3n) is 1.84. The fourth-order valence-corrected chi connectivity index (χ4v) is 1.87. The number of rotatable bonds is 2. The maximum absolute atomic E-state index is 11.4. The summed E-state index contributed by atoms with van der Waals surface area (Å²) in [6, 6.07) is 0. The highest BCUT2D eigenvalue weighted by Gasteiger charge is 2.14. The van der Waals surface area contributed by atoms with E-state index in [1.54, 1.807) is 14.0 Å². The van der Waals surface area contributed by atoms with Crippen molar-refractivity contribution in [1.29, 1.82) is 0 Å². The molecular formula is C8H12N2O2S. The monoisotopic (exact) mass is 200 g/mol. The smallest absolute Gasteiger partial charge is 0.307 e. The van der Waals surface area contributed by atoms with E-state index in [4.69, 9.17) is 0 Å². The highest BCUT2D eigenvalue weighted by molar-refractivity contribution is 7.11. The number of nitrogens with zero attached hydrogens (tertiary/aromatic N) is 1. The van der Waals surface area contributed by atoms with Crippen molar-refractivity contribution < 1.29 is 4.79 Å². The minimum Gasteiger partial charge on any atom is -0.352 e. The molecule has 0 aromatic carbocycles. The summed E-state index contributed by atoms with van der Waals surface area (Å²) in [4.78, 5) is 23.0. The summed E-state index contributed by atoms with van der Waals surface area (Å²) >= 11 is 0.984. The van der Waals surface area contributed by atoms with Crippen molar-refractivity contribution in [2.24, 2.45) is 7.05 Å². The lowest BCUT2D eigenvalue weighted by Gasteiger charge is -1.99. The van der Waals surface area contributed by atoms with Crippen LogP contribution in [0.2, 0.25) is 0 Å². The van der Waals surface area contributed by atoms with Gasteiger partial charge in [-0.25, -0.2) is 0 Å². The van der Waals surface area contributed by atoms with Crippen LogP contribution in [0.5, 0.6) is 0 Å². The van der Waals surface area contributed by atoms with Gasteiger partial charge in [-0.15, -0.1) is 0 Å². The van der Waals surface area contributed by atoms with Crippen molar-refractivity contribution in [3.63, 3.8) is 0 Å². The molecule has 0 unspecified atom stereocenters. The SMILES string of the molecule is CCNC(=O)c1sc(=O)n(C)c1C. The van der Waals surface area contributed by atoms with Crippen LogP contribution in [-0.2, 0) is 7.05 Å². The van der Waals surface area contributed by atoms with E-state index in [1.807, 2.05) is 6.92 Å². The first-order valence-electron chi connectivity index (χ1n) is 4.02. The predicted molar refractivity (Wildman–Crippen MR) is 52.3 cm³/mol. The molecule has 0 aliphatic rings. The van der Waals surface area contributed by atoms with E-state index in [9.17, 15) is 9.59 Å². The minimum absolute atomic E-state index is 0.0984. The first kappa shape index (κ1) is 9.98. The molecule has 0 aliphatic carbocycles. The highest BCUT2D eigenvalue weighted by Crippen LogP contribution is 2.09. The van der Waals surface area contributed by atoms with Crippen LogP contribution in [0.3, 0.4) is 0 Å². The molecule has 13 heavy (non-hydrogen) atoms. The topological polar surface area (TPSA) is 51.1 Å². The zero-order valence-corrected chi connectivity index (χ0v) is 8.70. The second-order valence-electron chi connectivity index (χ2n) is 2.70. The number of nitrogens with one attached hydrogen (secondary N) is 1. The Morgan fingerprint density at radius 1 is 1.62 bits per heavy atom. The van der Waals surface area contributed by atoms with Crippen molar-refractivity contribution in [2.75, 3.05) is 6.54 Å². The van der Waals surface area contributed by atoms with Crippen LogP contribution in [0.25, 0.3) is 0 Å². The minimum atomic E-state index is -0.164. The molecular weight excluding hydrogens is 188 g/mol. The predicted octanol–water partition coefficient (Wildman–Crippen LogP) is 0.505. The summed E-state index contributed by atoms with van der Waals surface area (Å²) in [6.07, 6.45) is 0. The number of aromatic nitrogens is 1. The normalized spacial score (nSPS) is 10.1. The van der Waals surface area contributed by atoms with Crippen LogP contribution in [0, 0.1) is 6.92 Å². The maximum Gasteiger partial charge on any atom is 0.307 e. The molecule has 1 N–H and O–H groups in total. The van der Waals surface area contributed by atoms with Gasteiger partial charge in [0.2, 0.25) is 0 Å². The lowest BCUT2D eigenvalue weighted by molar-refractivity contribution is 0.0959. The molecule has 4 nitrogen and oxygen atoms in total. The fourth-order valence-electron chi connectivity index (χ4n) is 0.970. The second kappa shape index (κ2) is 3.74. The third kappa shape index (κ3) is 1.80. The van der Waals surface area contributed by atoms with E-state index < -0.39 is 0 Å². The average Bonchev–Trinajstić information content (AvgIpc) is 2.33. The molecule has 1 aromatic rings. The van der Waals surface area contributed by atoms with Gasteiger partial charge < -0.3 is 9.88 Å². The maximum atomic E-state index is 11.4. The zero-order chi connectivity index (χ0) is 10.0. The number of hydrogen-bond acceptors (Lipinski definition) is 3. The van der Waals surface area contributed by atoms with Gasteiger partial charge in [0.25, 0.3) is 5.91 Å². The molecule has 1 heterocycles.